The second-order valence-corrected chi connectivity index (χ2v) is 4.82. The van der Waals surface area contributed by atoms with E-state index in [4.69, 9.17) is 15.2 Å². The van der Waals surface area contributed by atoms with Gasteiger partial charge >= 0.3 is 0 Å². The largest absolute Gasteiger partial charge is 0.490 e. The minimum atomic E-state index is 0.714. The second kappa shape index (κ2) is 9.54. The summed E-state index contributed by atoms with van der Waals surface area (Å²) >= 11 is 0. The molecule has 0 radical (unpaired) electrons. The van der Waals surface area contributed by atoms with Crippen LogP contribution in [0.5, 0.6) is 11.5 Å². The van der Waals surface area contributed by atoms with Crippen LogP contribution in [0.1, 0.15) is 52.4 Å². The number of hydrogen-bond acceptors (Lipinski definition) is 3. The quantitative estimate of drug-likeness (QED) is 0.503. The van der Waals surface area contributed by atoms with E-state index in [9.17, 15) is 0 Å². The average Bonchev–Trinajstić information content (AvgIpc) is 2.41. The topological polar surface area (TPSA) is 44.5 Å². The third-order valence-electron chi connectivity index (χ3n) is 2.98. The van der Waals surface area contributed by atoms with Crippen molar-refractivity contribution < 1.29 is 9.47 Å². The van der Waals surface area contributed by atoms with Crippen LogP contribution < -0.4 is 15.2 Å². The number of hydrogen-bond donors (Lipinski definition) is 1. The molecule has 0 aliphatic heterocycles. The van der Waals surface area contributed by atoms with Crippen LogP contribution in [0.25, 0.3) is 0 Å². The lowest BCUT2D eigenvalue weighted by atomic mass is 10.2. The molecule has 0 aromatic heterocycles. The molecular weight excluding hydrogens is 238 g/mol. The van der Waals surface area contributed by atoms with Crippen molar-refractivity contribution >= 4 is 5.69 Å². The normalized spacial score (nSPS) is 10.4. The minimum Gasteiger partial charge on any atom is -0.490 e. The molecule has 0 aliphatic rings. The number of rotatable bonds is 10. The van der Waals surface area contributed by atoms with E-state index in [2.05, 4.69) is 13.8 Å². The zero-order chi connectivity index (χ0) is 13.9. The van der Waals surface area contributed by atoms with Crippen molar-refractivity contribution in [2.45, 2.75) is 52.4 Å². The molecule has 0 saturated heterocycles. The van der Waals surface area contributed by atoms with E-state index in [1.54, 1.807) is 0 Å². The Morgan fingerprint density at radius 3 is 2.00 bits per heavy atom. The molecule has 0 heterocycles. The summed E-state index contributed by atoms with van der Waals surface area (Å²) in [6, 6.07) is 5.60. The van der Waals surface area contributed by atoms with Gasteiger partial charge in [0, 0.05) is 11.8 Å². The number of benzene rings is 1. The number of ether oxygens (including phenoxy) is 2. The van der Waals surface area contributed by atoms with Crippen LogP contribution in [0.2, 0.25) is 0 Å². The number of nitrogens with two attached hydrogens (primary N) is 1. The van der Waals surface area contributed by atoms with Crippen molar-refractivity contribution in [1.29, 1.82) is 0 Å². The molecule has 0 aliphatic carbocycles. The molecule has 1 aromatic carbocycles. The lowest BCUT2D eigenvalue weighted by Crippen LogP contribution is -2.03. The summed E-state index contributed by atoms with van der Waals surface area (Å²) < 4.78 is 11.5. The summed E-state index contributed by atoms with van der Waals surface area (Å²) in [4.78, 5) is 0. The van der Waals surface area contributed by atoms with Gasteiger partial charge in [-0.3, -0.25) is 0 Å². The summed E-state index contributed by atoms with van der Waals surface area (Å²) in [5.41, 5.74) is 6.51. The Bertz CT molecular complexity index is 353. The van der Waals surface area contributed by atoms with Gasteiger partial charge in [-0.05, 0) is 25.0 Å². The highest BCUT2D eigenvalue weighted by Gasteiger charge is 2.05. The average molecular weight is 265 g/mol. The predicted octanol–water partition coefficient (Wildman–Crippen LogP) is 4.41. The van der Waals surface area contributed by atoms with Crippen molar-refractivity contribution in [2.75, 3.05) is 18.9 Å². The minimum absolute atomic E-state index is 0.714. The Kier molecular flexibility index (Phi) is 7.87. The number of nitrogen functional groups attached to an aromatic ring is 1. The van der Waals surface area contributed by atoms with Crippen LogP contribution >= 0.6 is 0 Å². The molecular formula is C16H27NO2. The maximum atomic E-state index is 5.80. The van der Waals surface area contributed by atoms with E-state index in [-0.39, 0.29) is 0 Å². The molecule has 0 fully saturated rings. The van der Waals surface area contributed by atoms with Gasteiger partial charge in [0.25, 0.3) is 0 Å². The maximum absolute atomic E-state index is 5.80. The Labute approximate surface area is 117 Å². The molecule has 2 N–H and O–H groups in total. The predicted molar refractivity (Wildman–Crippen MR) is 80.9 cm³/mol. The fourth-order valence-corrected chi connectivity index (χ4v) is 1.83. The van der Waals surface area contributed by atoms with Crippen LogP contribution in [0.3, 0.4) is 0 Å². The van der Waals surface area contributed by atoms with Crippen LogP contribution in [0.4, 0.5) is 5.69 Å². The highest BCUT2D eigenvalue weighted by atomic mass is 16.5. The fraction of sp³-hybridized carbons (Fsp3) is 0.625. The van der Waals surface area contributed by atoms with E-state index >= 15 is 0 Å². The molecule has 3 heteroatoms. The molecule has 3 nitrogen and oxygen atoms in total. The van der Waals surface area contributed by atoms with Gasteiger partial charge in [-0.15, -0.1) is 0 Å². The molecule has 19 heavy (non-hydrogen) atoms. The van der Waals surface area contributed by atoms with Gasteiger partial charge in [0.05, 0.1) is 13.2 Å². The van der Waals surface area contributed by atoms with Crippen LogP contribution in [-0.2, 0) is 0 Å². The number of anilines is 1. The monoisotopic (exact) mass is 265 g/mol. The van der Waals surface area contributed by atoms with Crippen LogP contribution in [-0.4, -0.2) is 13.2 Å². The number of unbranched alkanes of at least 4 members (excludes halogenated alkanes) is 4. The maximum Gasteiger partial charge on any atom is 0.163 e. The van der Waals surface area contributed by atoms with E-state index in [1.165, 1.54) is 25.7 Å². The standard InChI is InChI=1S/C16H27NO2/c1-3-5-7-11-18-15-10-9-14(17)13-16(15)19-12-8-6-4-2/h9-10,13H,3-8,11-12,17H2,1-2H3. The molecule has 108 valence electrons. The summed E-state index contributed by atoms with van der Waals surface area (Å²) in [6.07, 6.45) is 6.93. The van der Waals surface area contributed by atoms with E-state index in [0.717, 1.165) is 37.6 Å². The van der Waals surface area contributed by atoms with Crippen LogP contribution in [0, 0.1) is 0 Å². The summed E-state index contributed by atoms with van der Waals surface area (Å²) in [6.45, 7) is 5.83. The summed E-state index contributed by atoms with van der Waals surface area (Å²) in [5, 5.41) is 0. The van der Waals surface area contributed by atoms with E-state index < -0.39 is 0 Å². The van der Waals surface area contributed by atoms with Gasteiger partial charge in [-0.1, -0.05) is 39.5 Å². The summed E-state index contributed by atoms with van der Waals surface area (Å²) in [5.74, 6) is 1.58. The lowest BCUT2D eigenvalue weighted by molar-refractivity contribution is 0.260. The van der Waals surface area contributed by atoms with Crippen LogP contribution in [0.15, 0.2) is 18.2 Å². The SMILES string of the molecule is CCCCCOc1ccc(N)cc1OCCCCC. The van der Waals surface area contributed by atoms with Crippen molar-refractivity contribution in [3.8, 4) is 11.5 Å². The van der Waals surface area contributed by atoms with Gasteiger partial charge in [0.1, 0.15) is 0 Å². The van der Waals surface area contributed by atoms with Gasteiger partial charge in [0.2, 0.25) is 0 Å². The second-order valence-electron chi connectivity index (χ2n) is 4.82. The van der Waals surface area contributed by atoms with Gasteiger partial charge in [0.15, 0.2) is 11.5 Å². The van der Waals surface area contributed by atoms with Crippen molar-refractivity contribution in [3.05, 3.63) is 18.2 Å². The molecule has 0 unspecified atom stereocenters. The first kappa shape index (κ1) is 15.7. The Morgan fingerprint density at radius 2 is 1.42 bits per heavy atom. The van der Waals surface area contributed by atoms with Gasteiger partial charge in [-0.2, -0.15) is 0 Å². The molecule has 0 spiro atoms. The molecule has 0 atom stereocenters. The smallest absolute Gasteiger partial charge is 0.163 e. The lowest BCUT2D eigenvalue weighted by Gasteiger charge is -2.13. The molecule has 0 bridgehead atoms. The van der Waals surface area contributed by atoms with E-state index in [1.807, 2.05) is 18.2 Å². The molecule has 1 rings (SSSR count). The zero-order valence-corrected chi connectivity index (χ0v) is 12.3. The van der Waals surface area contributed by atoms with Crippen molar-refractivity contribution in [2.24, 2.45) is 0 Å². The third-order valence-corrected chi connectivity index (χ3v) is 2.98. The van der Waals surface area contributed by atoms with Gasteiger partial charge in [-0.25, -0.2) is 0 Å². The van der Waals surface area contributed by atoms with Gasteiger partial charge < -0.3 is 15.2 Å². The highest BCUT2D eigenvalue weighted by Crippen LogP contribution is 2.29. The first-order valence-electron chi connectivity index (χ1n) is 7.43. The third kappa shape index (κ3) is 6.37. The zero-order valence-electron chi connectivity index (χ0n) is 12.3. The Morgan fingerprint density at radius 1 is 0.842 bits per heavy atom. The highest BCUT2D eigenvalue weighted by molar-refractivity contribution is 5.51. The Hall–Kier alpha value is -1.38. The van der Waals surface area contributed by atoms with Crippen molar-refractivity contribution in [1.82, 2.24) is 0 Å². The molecule has 1 aromatic rings. The Balaban J connectivity index is 2.48. The fourth-order valence-electron chi connectivity index (χ4n) is 1.83. The molecule has 0 saturated carbocycles. The summed E-state index contributed by atoms with van der Waals surface area (Å²) in [7, 11) is 0. The first-order valence-corrected chi connectivity index (χ1v) is 7.43. The van der Waals surface area contributed by atoms with E-state index in [0.29, 0.717) is 5.69 Å². The first-order chi connectivity index (χ1) is 9.27. The van der Waals surface area contributed by atoms with Crippen molar-refractivity contribution in [3.63, 3.8) is 0 Å². The molecule has 0 amide bonds.